The summed E-state index contributed by atoms with van der Waals surface area (Å²) in [5.74, 6) is 1.23. The van der Waals surface area contributed by atoms with Gasteiger partial charge in [0.1, 0.15) is 5.75 Å². The van der Waals surface area contributed by atoms with Crippen LogP contribution in [0.1, 0.15) is 17.5 Å². The van der Waals surface area contributed by atoms with E-state index in [1.54, 1.807) is 30.3 Å². The van der Waals surface area contributed by atoms with Gasteiger partial charge in [-0.25, -0.2) is 8.42 Å². The highest BCUT2D eigenvalue weighted by atomic mass is 32.2. The molecule has 178 valence electrons. The van der Waals surface area contributed by atoms with E-state index in [4.69, 9.17) is 14.2 Å². The molecule has 0 spiro atoms. The van der Waals surface area contributed by atoms with Gasteiger partial charge < -0.3 is 19.5 Å². The molecule has 0 saturated heterocycles. The topological polar surface area (TPSA) is 103 Å². The van der Waals surface area contributed by atoms with Crippen LogP contribution in [-0.4, -0.2) is 34.1 Å². The lowest BCUT2D eigenvalue weighted by atomic mass is 10.1. The second-order valence-corrected chi connectivity index (χ2v) is 9.61. The number of hydrogen-bond donors (Lipinski definition) is 2. The first-order valence-corrected chi connectivity index (χ1v) is 12.3. The van der Waals surface area contributed by atoms with Crippen molar-refractivity contribution in [3.8, 4) is 17.2 Å². The highest BCUT2D eigenvalue weighted by molar-refractivity contribution is 7.92. The maximum Gasteiger partial charge on any atom is 0.262 e. The van der Waals surface area contributed by atoms with Crippen molar-refractivity contribution in [1.29, 1.82) is 0 Å². The van der Waals surface area contributed by atoms with Crippen LogP contribution in [0.2, 0.25) is 0 Å². The Labute approximate surface area is 198 Å². The molecule has 0 bridgehead atoms. The Kier molecular flexibility index (Phi) is 6.93. The van der Waals surface area contributed by atoms with Gasteiger partial charge >= 0.3 is 0 Å². The van der Waals surface area contributed by atoms with Crippen molar-refractivity contribution in [2.45, 2.75) is 25.2 Å². The maximum atomic E-state index is 12.8. The zero-order chi connectivity index (χ0) is 24.1. The third-order valence-electron chi connectivity index (χ3n) is 5.30. The van der Waals surface area contributed by atoms with E-state index in [9.17, 15) is 13.2 Å². The summed E-state index contributed by atoms with van der Waals surface area (Å²) in [6.45, 7) is 4.84. The third-order valence-corrected chi connectivity index (χ3v) is 6.68. The van der Waals surface area contributed by atoms with Crippen LogP contribution in [0.3, 0.4) is 0 Å². The first kappa shape index (κ1) is 23.4. The van der Waals surface area contributed by atoms with Crippen molar-refractivity contribution in [2.75, 3.05) is 29.9 Å². The van der Waals surface area contributed by atoms with E-state index in [1.165, 1.54) is 12.1 Å². The molecular weight excluding hydrogens is 456 g/mol. The largest absolute Gasteiger partial charge is 0.490 e. The molecule has 8 nitrogen and oxygen atoms in total. The number of fused-ring (bicyclic) bond motifs is 1. The Hall–Kier alpha value is -3.72. The molecule has 9 heteroatoms. The number of hydrogen-bond acceptors (Lipinski definition) is 6. The third kappa shape index (κ3) is 5.79. The standard InChI is InChI=1S/C25H26N2O6S/c1-17-4-9-21(14-18(17)2)33-16-25(28)26-19-5-7-20(8-6-19)27-34(29,30)22-10-11-23-24(15-22)32-13-3-12-31-23/h4-11,14-15,27H,3,12-13,16H2,1-2H3,(H,26,28). The lowest BCUT2D eigenvalue weighted by molar-refractivity contribution is -0.118. The van der Waals surface area contributed by atoms with Crippen LogP contribution in [0.5, 0.6) is 17.2 Å². The van der Waals surface area contributed by atoms with E-state index in [-0.39, 0.29) is 17.4 Å². The Balaban J connectivity index is 1.35. The summed E-state index contributed by atoms with van der Waals surface area (Å²) in [6, 6.07) is 16.5. The molecule has 34 heavy (non-hydrogen) atoms. The first-order chi connectivity index (χ1) is 16.3. The monoisotopic (exact) mass is 482 g/mol. The number of ether oxygens (including phenoxy) is 3. The minimum atomic E-state index is -3.83. The van der Waals surface area contributed by atoms with Crippen LogP contribution in [0.4, 0.5) is 11.4 Å². The zero-order valence-corrected chi connectivity index (χ0v) is 19.8. The summed E-state index contributed by atoms with van der Waals surface area (Å²) in [4.78, 5) is 12.3. The van der Waals surface area contributed by atoms with Crippen molar-refractivity contribution in [3.63, 3.8) is 0 Å². The molecule has 4 rings (SSSR count). The van der Waals surface area contributed by atoms with Crippen LogP contribution < -0.4 is 24.2 Å². The van der Waals surface area contributed by atoms with E-state index in [2.05, 4.69) is 10.0 Å². The fourth-order valence-electron chi connectivity index (χ4n) is 3.30. The Morgan fingerprint density at radius 3 is 2.32 bits per heavy atom. The number of sulfonamides is 1. The number of aryl methyl sites for hydroxylation is 2. The molecule has 0 aromatic heterocycles. The maximum absolute atomic E-state index is 12.8. The molecule has 2 N–H and O–H groups in total. The van der Waals surface area contributed by atoms with Crippen molar-refractivity contribution in [1.82, 2.24) is 0 Å². The van der Waals surface area contributed by atoms with E-state index in [1.807, 2.05) is 32.0 Å². The molecule has 0 unspecified atom stereocenters. The highest BCUT2D eigenvalue weighted by Crippen LogP contribution is 2.32. The second kappa shape index (κ2) is 10.0. The van der Waals surface area contributed by atoms with E-state index in [0.717, 1.165) is 17.5 Å². The molecule has 1 aliphatic rings. The number of anilines is 2. The van der Waals surface area contributed by atoms with Gasteiger partial charge in [0, 0.05) is 23.9 Å². The lowest BCUT2D eigenvalue weighted by Gasteiger charge is -2.12. The molecule has 0 radical (unpaired) electrons. The summed E-state index contributed by atoms with van der Waals surface area (Å²) in [5, 5.41) is 2.73. The van der Waals surface area contributed by atoms with Gasteiger partial charge in [-0.2, -0.15) is 0 Å². The molecular formula is C25H26N2O6S. The molecule has 1 aliphatic heterocycles. The van der Waals surface area contributed by atoms with Gasteiger partial charge in [-0.05, 0) is 73.5 Å². The minimum Gasteiger partial charge on any atom is -0.490 e. The van der Waals surface area contributed by atoms with E-state index in [0.29, 0.717) is 41.8 Å². The van der Waals surface area contributed by atoms with Crippen LogP contribution in [0.25, 0.3) is 0 Å². The number of rotatable bonds is 7. The fraction of sp³-hybridized carbons (Fsp3) is 0.240. The molecule has 3 aromatic rings. The fourth-order valence-corrected chi connectivity index (χ4v) is 4.37. The molecule has 0 saturated carbocycles. The summed E-state index contributed by atoms with van der Waals surface area (Å²) >= 11 is 0. The molecule has 1 heterocycles. The molecule has 0 aliphatic carbocycles. The quantitative estimate of drug-likeness (QED) is 0.521. The van der Waals surface area contributed by atoms with Crippen molar-refractivity contribution in [2.24, 2.45) is 0 Å². The van der Waals surface area contributed by atoms with Gasteiger partial charge in [-0.3, -0.25) is 9.52 Å². The average Bonchev–Trinajstić information content (AvgIpc) is 3.06. The van der Waals surface area contributed by atoms with E-state index < -0.39 is 10.0 Å². The van der Waals surface area contributed by atoms with Gasteiger partial charge in [0.2, 0.25) is 0 Å². The summed E-state index contributed by atoms with van der Waals surface area (Å²) in [5.41, 5.74) is 3.11. The first-order valence-electron chi connectivity index (χ1n) is 10.8. The smallest absolute Gasteiger partial charge is 0.262 e. The minimum absolute atomic E-state index is 0.0672. The zero-order valence-electron chi connectivity index (χ0n) is 19.0. The van der Waals surface area contributed by atoms with E-state index >= 15 is 0 Å². The normalized spacial score (nSPS) is 13.0. The summed E-state index contributed by atoms with van der Waals surface area (Å²) in [7, 11) is -3.83. The molecule has 1 amide bonds. The summed E-state index contributed by atoms with van der Waals surface area (Å²) < 4.78 is 44.8. The summed E-state index contributed by atoms with van der Waals surface area (Å²) in [6.07, 6.45) is 0.732. The molecule has 3 aromatic carbocycles. The van der Waals surface area contributed by atoms with Crippen molar-refractivity contribution in [3.05, 3.63) is 71.8 Å². The number of carbonyl (C=O) groups excluding carboxylic acids is 1. The molecule has 0 atom stereocenters. The van der Waals surface area contributed by atoms with Gasteiger partial charge in [-0.1, -0.05) is 6.07 Å². The predicted octanol–water partition coefficient (Wildman–Crippen LogP) is 4.28. The molecule has 0 fully saturated rings. The van der Waals surface area contributed by atoms with Crippen LogP contribution in [0, 0.1) is 13.8 Å². The van der Waals surface area contributed by atoms with Crippen molar-refractivity contribution >= 4 is 27.3 Å². The number of carbonyl (C=O) groups is 1. The van der Waals surface area contributed by atoms with Gasteiger partial charge in [0.25, 0.3) is 15.9 Å². The van der Waals surface area contributed by atoms with Crippen LogP contribution in [-0.2, 0) is 14.8 Å². The second-order valence-electron chi connectivity index (χ2n) is 7.92. The number of benzene rings is 3. The SMILES string of the molecule is Cc1ccc(OCC(=O)Nc2ccc(NS(=O)(=O)c3ccc4c(c3)OCCCO4)cc2)cc1C. The number of amides is 1. The Morgan fingerprint density at radius 2 is 1.59 bits per heavy atom. The van der Waals surface area contributed by atoms with Crippen LogP contribution in [0.15, 0.2) is 65.6 Å². The van der Waals surface area contributed by atoms with Gasteiger partial charge in [0.15, 0.2) is 18.1 Å². The van der Waals surface area contributed by atoms with Gasteiger partial charge in [-0.15, -0.1) is 0 Å². The Morgan fingerprint density at radius 1 is 0.882 bits per heavy atom. The Bertz CT molecular complexity index is 1290. The van der Waals surface area contributed by atoms with Crippen LogP contribution >= 0.6 is 0 Å². The van der Waals surface area contributed by atoms with Crippen molar-refractivity contribution < 1.29 is 27.4 Å². The highest BCUT2D eigenvalue weighted by Gasteiger charge is 2.19. The predicted molar refractivity (Wildman–Crippen MR) is 129 cm³/mol. The number of nitrogens with one attached hydrogen (secondary N) is 2. The lowest BCUT2D eigenvalue weighted by Crippen LogP contribution is -2.20. The van der Waals surface area contributed by atoms with Gasteiger partial charge in [0.05, 0.1) is 18.1 Å². The average molecular weight is 483 g/mol.